The molecular weight excluding hydrogens is 280 g/mol. The predicted octanol–water partition coefficient (Wildman–Crippen LogP) is 3.51. The van der Waals surface area contributed by atoms with E-state index in [0.717, 1.165) is 44.5 Å². The number of hydrogen-bond acceptors (Lipinski definition) is 4. The molecule has 0 bridgehead atoms. The largest absolute Gasteiger partial charge is 0.496 e. The summed E-state index contributed by atoms with van der Waals surface area (Å²) >= 11 is 0. The van der Waals surface area contributed by atoms with Crippen molar-refractivity contribution in [1.29, 1.82) is 0 Å². The third-order valence-electron chi connectivity index (χ3n) is 3.99. The molecule has 0 aromatic heterocycles. The number of unbranched alkanes of at least 4 members (excludes halogenated alkanes) is 1. The number of nitrogens with one attached hydrogen (secondary N) is 2. The van der Waals surface area contributed by atoms with E-state index >= 15 is 0 Å². The van der Waals surface area contributed by atoms with E-state index in [1.165, 1.54) is 5.56 Å². The van der Waals surface area contributed by atoms with Gasteiger partial charge in [-0.1, -0.05) is 19.4 Å². The van der Waals surface area contributed by atoms with Gasteiger partial charge in [0.2, 0.25) is 0 Å². The minimum atomic E-state index is -0.412. The summed E-state index contributed by atoms with van der Waals surface area (Å²) in [6, 6.07) is 5.84. The Morgan fingerprint density at radius 2 is 2.14 bits per heavy atom. The average Bonchev–Trinajstić information content (AvgIpc) is 2.55. The summed E-state index contributed by atoms with van der Waals surface area (Å²) in [6.45, 7) is 4.59. The molecule has 1 fully saturated rings. The Morgan fingerprint density at radius 1 is 1.36 bits per heavy atom. The summed E-state index contributed by atoms with van der Waals surface area (Å²) in [5, 5.41) is 6.12. The molecule has 1 aliphatic heterocycles. The van der Waals surface area contributed by atoms with Crippen molar-refractivity contribution < 1.29 is 14.3 Å². The van der Waals surface area contributed by atoms with Gasteiger partial charge >= 0.3 is 6.09 Å². The van der Waals surface area contributed by atoms with E-state index in [-0.39, 0.29) is 0 Å². The second kappa shape index (κ2) is 8.63. The Kier molecular flexibility index (Phi) is 6.52. The van der Waals surface area contributed by atoms with Crippen LogP contribution in [0.4, 0.5) is 10.5 Å². The number of benzene rings is 1. The fourth-order valence-corrected chi connectivity index (χ4v) is 2.72. The molecule has 5 heteroatoms. The number of amides is 1. The highest BCUT2D eigenvalue weighted by molar-refractivity contribution is 5.85. The molecule has 2 rings (SSSR count). The number of anilines is 1. The molecule has 0 saturated carbocycles. The highest BCUT2D eigenvalue weighted by Crippen LogP contribution is 2.34. The van der Waals surface area contributed by atoms with Gasteiger partial charge < -0.3 is 14.8 Å². The minimum absolute atomic E-state index is 0.412. The van der Waals surface area contributed by atoms with Crippen LogP contribution in [0.2, 0.25) is 0 Å². The molecule has 1 aliphatic rings. The molecule has 0 spiro atoms. The van der Waals surface area contributed by atoms with E-state index in [4.69, 9.17) is 9.47 Å². The first-order valence-electron chi connectivity index (χ1n) is 8.07. The maximum absolute atomic E-state index is 11.7. The van der Waals surface area contributed by atoms with Crippen molar-refractivity contribution in [2.75, 3.05) is 32.1 Å². The third-order valence-corrected chi connectivity index (χ3v) is 3.99. The van der Waals surface area contributed by atoms with Crippen LogP contribution >= 0.6 is 0 Å². The van der Waals surface area contributed by atoms with Gasteiger partial charge in [0, 0.05) is 11.8 Å². The highest BCUT2D eigenvalue weighted by Gasteiger charge is 2.19. The second-order valence-electron chi connectivity index (χ2n) is 5.60. The zero-order chi connectivity index (χ0) is 15.8. The van der Waals surface area contributed by atoms with Crippen LogP contribution in [-0.4, -0.2) is 32.9 Å². The molecule has 0 aliphatic carbocycles. The van der Waals surface area contributed by atoms with Crippen molar-refractivity contribution in [1.82, 2.24) is 5.32 Å². The van der Waals surface area contributed by atoms with Gasteiger partial charge in [-0.2, -0.15) is 0 Å². The standard InChI is InChI=1S/C17H26N2O3/c1-3-4-11-22-17(20)19-14-5-6-15(16(12-14)21-2)13-7-9-18-10-8-13/h5-6,12-13,18H,3-4,7-11H2,1-2H3,(H,19,20). The van der Waals surface area contributed by atoms with E-state index in [0.29, 0.717) is 18.2 Å². The van der Waals surface area contributed by atoms with Gasteiger partial charge in [-0.05, 0) is 49.9 Å². The van der Waals surface area contributed by atoms with Gasteiger partial charge in [0.05, 0.1) is 13.7 Å². The van der Waals surface area contributed by atoms with Crippen molar-refractivity contribution in [3.63, 3.8) is 0 Å². The highest BCUT2D eigenvalue weighted by atomic mass is 16.5. The first kappa shape index (κ1) is 16.6. The zero-order valence-electron chi connectivity index (χ0n) is 13.5. The lowest BCUT2D eigenvalue weighted by Gasteiger charge is -2.24. The van der Waals surface area contributed by atoms with Gasteiger partial charge in [0.15, 0.2) is 0 Å². The quantitative estimate of drug-likeness (QED) is 0.790. The number of piperidine rings is 1. The Hall–Kier alpha value is -1.75. The van der Waals surface area contributed by atoms with Gasteiger partial charge in [-0.25, -0.2) is 4.79 Å². The Morgan fingerprint density at radius 3 is 2.82 bits per heavy atom. The van der Waals surface area contributed by atoms with Crippen molar-refractivity contribution in [2.24, 2.45) is 0 Å². The van der Waals surface area contributed by atoms with Crippen LogP contribution < -0.4 is 15.4 Å². The summed E-state index contributed by atoms with van der Waals surface area (Å²) in [6.07, 6.45) is 3.70. The molecular formula is C17H26N2O3. The van der Waals surface area contributed by atoms with E-state index in [2.05, 4.69) is 23.6 Å². The predicted molar refractivity (Wildman–Crippen MR) is 87.7 cm³/mol. The summed E-state index contributed by atoms with van der Waals surface area (Å²) in [4.78, 5) is 11.7. The van der Waals surface area contributed by atoms with Crippen molar-refractivity contribution in [2.45, 2.75) is 38.5 Å². The van der Waals surface area contributed by atoms with E-state index < -0.39 is 6.09 Å². The fraction of sp³-hybridized carbons (Fsp3) is 0.588. The lowest BCUT2D eigenvalue weighted by molar-refractivity contribution is 0.160. The molecule has 1 heterocycles. The van der Waals surface area contributed by atoms with E-state index in [1.54, 1.807) is 7.11 Å². The molecule has 1 saturated heterocycles. The van der Waals surface area contributed by atoms with E-state index in [9.17, 15) is 4.79 Å². The molecule has 1 aromatic rings. The van der Waals surface area contributed by atoms with Gasteiger partial charge in [-0.15, -0.1) is 0 Å². The fourth-order valence-electron chi connectivity index (χ4n) is 2.72. The van der Waals surface area contributed by atoms with E-state index in [1.807, 2.05) is 12.1 Å². The maximum Gasteiger partial charge on any atom is 0.411 e. The number of carbonyl (C=O) groups is 1. The molecule has 1 amide bonds. The Balaban J connectivity index is 2.00. The summed E-state index contributed by atoms with van der Waals surface area (Å²) < 4.78 is 10.6. The smallest absolute Gasteiger partial charge is 0.411 e. The molecule has 5 nitrogen and oxygen atoms in total. The lowest BCUT2D eigenvalue weighted by atomic mass is 9.89. The van der Waals surface area contributed by atoms with Gasteiger partial charge in [-0.3, -0.25) is 5.32 Å². The molecule has 2 N–H and O–H groups in total. The van der Waals surface area contributed by atoms with Crippen LogP contribution in [0.5, 0.6) is 5.75 Å². The lowest BCUT2D eigenvalue weighted by Crippen LogP contribution is -2.26. The van der Waals surface area contributed by atoms with Crippen LogP contribution in [-0.2, 0) is 4.74 Å². The maximum atomic E-state index is 11.7. The molecule has 22 heavy (non-hydrogen) atoms. The number of carbonyl (C=O) groups excluding carboxylic acids is 1. The van der Waals surface area contributed by atoms with Crippen molar-refractivity contribution in [3.8, 4) is 5.75 Å². The zero-order valence-corrected chi connectivity index (χ0v) is 13.5. The van der Waals surface area contributed by atoms with Crippen molar-refractivity contribution in [3.05, 3.63) is 23.8 Å². The molecule has 0 radical (unpaired) electrons. The SMILES string of the molecule is CCCCOC(=O)Nc1ccc(C2CCNCC2)c(OC)c1. The van der Waals surface area contributed by atoms with Crippen LogP contribution in [0.3, 0.4) is 0 Å². The second-order valence-corrected chi connectivity index (χ2v) is 5.60. The minimum Gasteiger partial charge on any atom is -0.496 e. The first-order chi connectivity index (χ1) is 10.7. The van der Waals surface area contributed by atoms with Crippen LogP contribution in [0.25, 0.3) is 0 Å². The van der Waals surface area contributed by atoms with Crippen molar-refractivity contribution >= 4 is 11.8 Å². The monoisotopic (exact) mass is 306 g/mol. The third kappa shape index (κ3) is 4.63. The number of hydrogen-bond donors (Lipinski definition) is 2. The number of ether oxygens (including phenoxy) is 2. The van der Waals surface area contributed by atoms with Crippen LogP contribution in [0.15, 0.2) is 18.2 Å². The van der Waals surface area contributed by atoms with Crippen LogP contribution in [0.1, 0.15) is 44.1 Å². The Labute approximate surface area is 132 Å². The summed E-state index contributed by atoms with van der Waals surface area (Å²) in [7, 11) is 1.67. The Bertz CT molecular complexity index is 485. The molecule has 1 aromatic carbocycles. The summed E-state index contributed by atoms with van der Waals surface area (Å²) in [5.41, 5.74) is 1.92. The summed E-state index contributed by atoms with van der Waals surface area (Å²) in [5.74, 6) is 1.35. The number of methoxy groups -OCH3 is 1. The van der Waals surface area contributed by atoms with Crippen LogP contribution in [0, 0.1) is 0 Å². The first-order valence-corrected chi connectivity index (χ1v) is 8.07. The normalized spacial score (nSPS) is 15.4. The van der Waals surface area contributed by atoms with Gasteiger partial charge in [0.1, 0.15) is 5.75 Å². The molecule has 122 valence electrons. The van der Waals surface area contributed by atoms with Gasteiger partial charge in [0.25, 0.3) is 0 Å². The topological polar surface area (TPSA) is 59.6 Å². The molecule has 0 atom stereocenters. The number of rotatable bonds is 6. The average molecular weight is 306 g/mol. The molecule has 0 unspecified atom stereocenters.